The molecule has 0 heterocycles. The number of nitrogens with two attached hydrogens (primary N) is 1. The number of hydrogen-bond donors (Lipinski definition) is 2. The van der Waals surface area contributed by atoms with Gasteiger partial charge in [-0.05, 0) is 0 Å². The number of aliphatic hydroxyl groups excluding tert-OH is 1. The van der Waals surface area contributed by atoms with E-state index in [1.807, 2.05) is 0 Å². The quantitative estimate of drug-likeness (QED) is 0.349. The molecule has 0 aromatic carbocycles. The van der Waals surface area contributed by atoms with Gasteiger partial charge in [0.15, 0.2) is 0 Å². The zero-order valence-electron chi connectivity index (χ0n) is 7.20. The molecule has 0 aromatic heterocycles. The highest BCUT2D eigenvalue weighted by atomic mass is 16.6. The number of aliphatic hydroxyl groups is 1. The monoisotopic (exact) mass is 179 g/mol. The minimum atomic E-state index is -0.257. The van der Waals surface area contributed by atoms with E-state index in [-0.39, 0.29) is 6.79 Å². The highest BCUT2D eigenvalue weighted by molar-refractivity contribution is 4.33. The number of ether oxygens (including phenoxy) is 3. The fourth-order valence-corrected chi connectivity index (χ4v) is 0.588. The Hall–Kier alpha value is -0.200. The van der Waals surface area contributed by atoms with E-state index in [9.17, 15) is 0 Å². The molecule has 0 radical (unpaired) electrons. The summed E-state index contributed by atoms with van der Waals surface area (Å²) in [6.45, 7) is 2.82. The molecule has 12 heavy (non-hydrogen) atoms. The largest absolute Gasteiger partial charge is 0.378 e. The Morgan fingerprint density at radius 3 is 1.83 bits per heavy atom. The van der Waals surface area contributed by atoms with Gasteiger partial charge in [0.05, 0.1) is 33.0 Å². The summed E-state index contributed by atoms with van der Waals surface area (Å²) in [4.78, 5) is 0. The fraction of sp³-hybridized carbons (Fsp3) is 1.00. The fourth-order valence-electron chi connectivity index (χ4n) is 0.588. The first-order valence-corrected chi connectivity index (χ1v) is 3.96. The van der Waals surface area contributed by atoms with Gasteiger partial charge < -0.3 is 25.1 Å². The van der Waals surface area contributed by atoms with E-state index < -0.39 is 0 Å². The lowest BCUT2D eigenvalue weighted by Crippen LogP contribution is -2.13. The molecule has 0 unspecified atom stereocenters. The van der Waals surface area contributed by atoms with Crippen LogP contribution in [0.4, 0.5) is 0 Å². The maximum absolute atomic E-state index is 8.22. The first kappa shape index (κ1) is 11.8. The lowest BCUT2D eigenvalue weighted by atomic mass is 10.7. The molecule has 0 saturated heterocycles. The molecule has 0 fully saturated rings. The molecular formula is C7H17NO4. The average Bonchev–Trinajstić information content (AvgIpc) is 2.10. The molecule has 0 amide bonds. The third kappa shape index (κ3) is 9.80. The van der Waals surface area contributed by atoms with Gasteiger partial charge in [-0.2, -0.15) is 0 Å². The zero-order chi connectivity index (χ0) is 9.07. The molecule has 0 rings (SSSR count). The Morgan fingerprint density at radius 2 is 1.33 bits per heavy atom. The van der Waals surface area contributed by atoms with Gasteiger partial charge >= 0.3 is 0 Å². The van der Waals surface area contributed by atoms with E-state index in [0.717, 1.165) is 0 Å². The second-order valence-electron chi connectivity index (χ2n) is 2.05. The summed E-state index contributed by atoms with van der Waals surface area (Å²) >= 11 is 0. The van der Waals surface area contributed by atoms with Crippen LogP contribution >= 0.6 is 0 Å². The van der Waals surface area contributed by atoms with Crippen molar-refractivity contribution in [1.82, 2.24) is 0 Å². The van der Waals surface area contributed by atoms with Crippen molar-refractivity contribution in [3.63, 3.8) is 0 Å². The lowest BCUT2D eigenvalue weighted by Gasteiger charge is -2.04. The summed E-state index contributed by atoms with van der Waals surface area (Å²) in [5, 5.41) is 8.22. The summed E-state index contributed by atoms with van der Waals surface area (Å²) in [5.74, 6) is 0. The van der Waals surface area contributed by atoms with Gasteiger partial charge in [0.1, 0.15) is 6.79 Å². The molecule has 0 bridgehead atoms. The van der Waals surface area contributed by atoms with E-state index in [0.29, 0.717) is 39.6 Å². The third-order valence-corrected chi connectivity index (χ3v) is 1.10. The van der Waals surface area contributed by atoms with Crippen molar-refractivity contribution in [2.24, 2.45) is 5.73 Å². The topological polar surface area (TPSA) is 73.9 Å². The zero-order valence-corrected chi connectivity index (χ0v) is 7.20. The molecule has 5 nitrogen and oxygen atoms in total. The first-order chi connectivity index (χ1) is 5.91. The van der Waals surface area contributed by atoms with Gasteiger partial charge in [-0.3, -0.25) is 0 Å². The molecule has 0 spiro atoms. The number of rotatable bonds is 9. The van der Waals surface area contributed by atoms with E-state index in [1.165, 1.54) is 0 Å². The molecule has 0 aromatic rings. The Morgan fingerprint density at radius 1 is 0.833 bits per heavy atom. The van der Waals surface area contributed by atoms with Crippen molar-refractivity contribution in [3.8, 4) is 0 Å². The second kappa shape index (κ2) is 10.8. The van der Waals surface area contributed by atoms with E-state index in [4.69, 9.17) is 20.3 Å². The predicted octanol–water partition coefficient (Wildman–Crippen LogP) is -1.06. The summed E-state index contributed by atoms with van der Waals surface area (Å²) in [6, 6.07) is 0. The Balaban J connectivity index is 2.73. The van der Waals surface area contributed by atoms with Gasteiger partial charge in [-0.25, -0.2) is 0 Å². The first-order valence-electron chi connectivity index (χ1n) is 3.96. The van der Waals surface area contributed by atoms with Crippen molar-refractivity contribution in [1.29, 1.82) is 0 Å². The molecule has 0 aliphatic carbocycles. The predicted molar refractivity (Wildman–Crippen MR) is 43.7 cm³/mol. The van der Waals surface area contributed by atoms with E-state index >= 15 is 0 Å². The maximum atomic E-state index is 8.22. The van der Waals surface area contributed by atoms with Crippen LogP contribution in [-0.2, 0) is 14.2 Å². The van der Waals surface area contributed by atoms with Gasteiger partial charge in [0.25, 0.3) is 0 Å². The highest BCUT2D eigenvalue weighted by Crippen LogP contribution is 1.79. The van der Waals surface area contributed by atoms with Crippen LogP contribution in [0.5, 0.6) is 0 Å². The van der Waals surface area contributed by atoms with E-state index in [2.05, 4.69) is 4.74 Å². The van der Waals surface area contributed by atoms with Crippen molar-refractivity contribution < 1.29 is 19.3 Å². The summed E-state index contributed by atoms with van der Waals surface area (Å²) in [6.07, 6.45) is 0. The molecule has 74 valence electrons. The van der Waals surface area contributed by atoms with Crippen molar-refractivity contribution >= 4 is 0 Å². The second-order valence-corrected chi connectivity index (χ2v) is 2.05. The van der Waals surface area contributed by atoms with Crippen LogP contribution in [0.15, 0.2) is 0 Å². The van der Waals surface area contributed by atoms with Crippen molar-refractivity contribution in [3.05, 3.63) is 0 Å². The molecule has 0 atom stereocenters. The standard InChI is InChI=1S/C7H17NO4/c8-1-2-10-3-4-11-5-6-12-7-9/h9H,1-8H2. The van der Waals surface area contributed by atoms with Crippen LogP contribution in [0.25, 0.3) is 0 Å². The molecule has 0 aliphatic rings. The minimum Gasteiger partial charge on any atom is -0.378 e. The number of hydrogen-bond acceptors (Lipinski definition) is 5. The van der Waals surface area contributed by atoms with Crippen LogP contribution in [0.2, 0.25) is 0 Å². The van der Waals surface area contributed by atoms with Gasteiger partial charge in [-0.1, -0.05) is 0 Å². The Labute approximate surface area is 72.4 Å². The Bertz CT molecular complexity index is 71.8. The van der Waals surface area contributed by atoms with Crippen molar-refractivity contribution in [2.45, 2.75) is 0 Å². The van der Waals surface area contributed by atoms with E-state index in [1.54, 1.807) is 0 Å². The SMILES string of the molecule is NCCOCCOCCOCO. The third-order valence-electron chi connectivity index (χ3n) is 1.10. The van der Waals surface area contributed by atoms with Gasteiger partial charge in [0.2, 0.25) is 0 Å². The Kier molecular flexibility index (Phi) is 10.6. The maximum Gasteiger partial charge on any atom is 0.143 e. The van der Waals surface area contributed by atoms with Crippen LogP contribution in [0.1, 0.15) is 0 Å². The van der Waals surface area contributed by atoms with Crippen LogP contribution in [-0.4, -0.2) is 51.5 Å². The molecular weight excluding hydrogens is 162 g/mol. The van der Waals surface area contributed by atoms with Crippen LogP contribution in [0, 0.1) is 0 Å². The normalized spacial score (nSPS) is 10.5. The molecule has 0 saturated carbocycles. The molecule has 5 heteroatoms. The summed E-state index contributed by atoms with van der Waals surface area (Å²) < 4.78 is 14.8. The van der Waals surface area contributed by atoms with Crippen LogP contribution < -0.4 is 5.73 Å². The summed E-state index contributed by atoms with van der Waals surface area (Å²) in [5.41, 5.74) is 5.20. The van der Waals surface area contributed by atoms with Crippen molar-refractivity contribution in [2.75, 3.05) is 46.4 Å². The minimum absolute atomic E-state index is 0.257. The van der Waals surface area contributed by atoms with Gasteiger partial charge in [-0.15, -0.1) is 0 Å². The molecule has 3 N–H and O–H groups in total. The smallest absolute Gasteiger partial charge is 0.143 e. The lowest BCUT2D eigenvalue weighted by molar-refractivity contribution is -0.0364. The van der Waals surface area contributed by atoms with Gasteiger partial charge in [0, 0.05) is 6.54 Å². The molecule has 0 aliphatic heterocycles. The van der Waals surface area contributed by atoms with Crippen LogP contribution in [0.3, 0.4) is 0 Å². The highest BCUT2D eigenvalue weighted by Gasteiger charge is 1.88. The average molecular weight is 179 g/mol. The summed E-state index contributed by atoms with van der Waals surface area (Å²) in [7, 11) is 0.